The Kier molecular flexibility index (Phi) is 5.11. The van der Waals surface area contributed by atoms with Gasteiger partial charge in [-0.1, -0.05) is 18.7 Å². The lowest BCUT2D eigenvalue weighted by Crippen LogP contribution is -2.33. The zero-order valence-corrected chi connectivity index (χ0v) is 12.2. The van der Waals surface area contributed by atoms with Crippen molar-refractivity contribution in [3.63, 3.8) is 0 Å². The molecule has 2 rings (SSSR count). The minimum atomic E-state index is -0.0366. The molecule has 1 atom stereocenters. The first-order valence-corrected chi connectivity index (χ1v) is 7.33. The average Bonchev–Trinajstić information content (AvgIpc) is 2.95. The molecule has 0 aromatic carbocycles. The molecule has 7 heteroatoms. The van der Waals surface area contributed by atoms with Crippen LogP contribution in [0.2, 0.25) is 0 Å². The maximum Gasteiger partial charge on any atom is 0.277 e. The first-order chi connectivity index (χ1) is 9.69. The Labute approximate surface area is 121 Å². The third-order valence-corrected chi connectivity index (χ3v) is 3.48. The van der Waals surface area contributed by atoms with Gasteiger partial charge in [0.05, 0.1) is 11.3 Å². The Morgan fingerprint density at radius 1 is 1.50 bits per heavy atom. The summed E-state index contributed by atoms with van der Waals surface area (Å²) in [6.07, 6.45) is 4.23. The van der Waals surface area contributed by atoms with E-state index >= 15 is 0 Å². The molecule has 0 aliphatic heterocycles. The van der Waals surface area contributed by atoms with Gasteiger partial charge in [0.25, 0.3) is 5.22 Å². The summed E-state index contributed by atoms with van der Waals surface area (Å²) in [5, 5.41) is 11.1. The van der Waals surface area contributed by atoms with Crippen molar-refractivity contribution in [3.05, 3.63) is 24.5 Å². The predicted octanol–water partition coefficient (Wildman–Crippen LogP) is 2.14. The van der Waals surface area contributed by atoms with E-state index in [9.17, 15) is 4.79 Å². The quantitative estimate of drug-likeness (QED) is 0.822. The van der Waals surface area contributed by atoms with Crippen molar-refractivity contribution in [3.8, 4) is 11.5 Å². The number of thioether (sulfide) groups is 1. The molecule has 2 heterocycles. The van der Waals surface area contributed by atoms with Crippen molar-refractivity contribution >= 4 is 17.7 Å². The van der Waals surface area contributed by atoms with E-state index < -0.39 is 0 Å². The van der Waals surface area contributed by atoms with Crippen LogP contribution in [0.1, 0.15) is 20.3 Å². The summed E-state index contributed by atoms with van der Waals surface area (Å²) in [6.45, 7) is 3.99. The van der Waals surface area contributed by atoms with Gasteiger partial charge in [0, 0.05) is 18.4 Å². The van der Waals surface area contributed by atoms with Crippen molar-refractivity contribution in [2.45, 2.75) is 31.5 Å². The predicted molar refractivity (Wildman–Crippen MR) is 76.1 cm³/mol. The number of hydrogen-bond donors (Lipinski definition) is 1. The molecule has 0 aliphatic rings. The van der Waals surface area contributed by atoms with Gasteiger partial charge < -0.3 is 9.73 Å². The fourth-order valence-electron chi connectivity index (χ4n) is 1.42. The lowest BCUT2D eigenvalue weighted by molar-refractivity contribution is -0.119. The number of nitrogens with zero attached hydrogens (tertiary/aromatic N) is 3. The molecule has 0 spiro atoms. The zero-order chi connectivity index (χ0) is 14.4. The molecule has 0 bridgehead atoms. The van der Waals surface area contributed by atoms with E-state index in [4.69, 9.17) is 4.42 Å². The Morgan fingerprint density at radius 3 is 3.05 bits per heavy atom. The van der Waals surface area contributed by atoms with Gasteiger partial charge in [0.2, 0.25) is 11.8 Å². The van der Waals surface area contributed by atoms with Crippen molar-refractivity contribution in [2.75, 3.05) is 5.75 Å². The van der Waals surface area contributed by atoms with Crippen LogP contribution in [0.5, 0.6) is 0 Å². The van der Waals surface area contributed by atoms with E-state index in [1.54, 1.807) is 18.5 Å². The highest BCUT2D eigenvalue weighted by Gasteiger charge is 2.12. The first kappa shape index (κ1) is 14.5. The van der Waals surface area contributed by atoms with E-state index in [1.165, 1.54) is 11.8 Å². The summed E-state index contributed by atoms with van der Waals surface area (Å²) in [6, 6.07) is 3.81. The smallest absolute Gasteiger partial charge is 0.277 e. The molecular formula is C13H16N4O2S. The number of rotatable bonds is 6. The summed E-state index contributed by atoms with van der Waals surface area (Å²) in [5.41, 5.74) is 0.760. The number of nitrogens with one attached hydrogen (secondary N) is 1. The van der Waals surface area contributed by atoms with Crippen molar-refractivity contribution < 1.29 is 9.21 Å². The van der Waals surface area contributed by atoms with E-state index in [0.717, 1.165) is 12.0 Å². The van der Waals surface area contributed by atoms with Crippen LogP contribution in [0.25, 0.3) is 11.5 Å². The lowest BCUT2D eigenvalue weighted by Gasteiger charge is -2.09. The summed E-state index contributed by atoms with van der Waals surface area (Å²) in [5.74, 6) is 0.632. The highest BCUT2D eigenvalue weighted by atomic mass is 32.2. The van der Waals surface area contributed by atoms with Crippen LogP contribution in [0.15, 0.2) is 34.2 Å². The van der Waals surface area contributed by atoms with Gasteiger partial charge in [-0.3, -0.25) is 9.78 Å². The molecule has 6 nitrogen and oxygen atoms in total. The molecule has 0 unspecified atom stereocenters. The van der Waals surface area contributed by atoms with Crippen LogP contribution in [0, 0.1) is 0 Å². The maximum absolute atomic E-state index is 11.6. The van der Waals surface area contributed by atoms with Crippen molar-refractivity contribution in [1.82, 2.24) is 20.5 Å². The summed E-state index contributed by atoms with van der Waals surface area (Å²) < 4.78 is 5.47. The largest absolute Gasteiger partial charge is 0.411 e. The monoisotopic (exact) mass is 292 g/mol. The highest BCUT2D eigenvalue weighted by molar-refractivity contribution is 7.99. The van der Waals surface area contributed by atoms with E-state index in [2.05, 4.69) is 20.5 Å². The number of hydrogen-bond acceptors (Lipinski definition) is 6. The number of pyridine rings is 1. The average molecular weight is 292 g/mol. The van der Waals surface area contributed by atoms with Crippen LogP contribution in [0.4, 0.5) is 0 Å². The maximum atomic E-state index is 11.6. The highest BCUT2D eigenvalue weighted by Crippen LogP contribution is 2.22. The molecule has 0 radical (unpaired) electrons. The third kappa shape index (κ3) is 4.06. The van der Waals surface area contributed by atoms with Gasteiger partial charge in [0.15, 0.2) is 0 Å². The van der Waals surface area contributed by atoms with Crippen LogP contribution in [0.3, 0.4) is 0 Å². The summed E-state index contributed by atoms with van der Waals surface area (Å²) in [4.78, 5) is 15.6. The fraction of sp³-hybridized carbons (Fsp3) is 0.385. The fourth-order valence-corrected chi connectivity index (χ4v) is 1.99. The minimum Gasteiger partial charge on any atom is -0.411 e. The molecule has 0 aliphatic carbocycles. The molecule has 2 aromatic heterocycles. The van der Waals surface area contributed by atoms with Gasteiger partial charge in [-0.15, -0.1) is 10.2 Å². The Bertz CT molecular complexity index is 559. The second kappa shape index (κ2) is 7.04. The molecule has 0 saturated heterocycles. The molecule has 1 amide bonds. The van der Waals surface area contributed by atoms with Gasteiger partial charge >= 0.3 is 0 Å². The van der Waals surface area contributed by atoms with E-state index in [0.29, 0.717) is 11.1 Å². The van der Waals surface area contributed by atoms with Crippen LogP contribution in [-0.2, 0) is 4.79 Å². The number of amides is 1. The summed E-state index contributed by atoms with van der Waals surface area (Å²) in [7, 11) is 0. The normalized spacial score (nSPS) is 12.1. The SMILES string of the molecule is CC[C@@H](C)NC(=O)CSc1nnc(-c2cccnc2)o1. The van der Waals surface area contributed by atoms with Crippen LogP contribution >= 0.6 is 11.8 Å². The molecule has 0 saturated carbocycles. The number of carbonyl (C=O) groups is 1. The van der Waals surface area contributed by atoms with Crippen molar-refractivity contribution in [2.24, 2.45) is 0 Å². The summed E-state index contributed by atoms with van der Waals surface area (Å²) >= 11 is 1.22. The zero-order valence-electron chi connectivity index (χ0n) is 11.4. The van der Waals surface area contributed by atoms with Crippen molar-refractivity contribution in [1.29, 1.82) is 0 Å². The van der Waals surface area contributed by atoms with Gasteiger partial charge in [0.1, 0.15) is 0 Å². The number of carbonyl (C=O) groups excluding carboxylic acids is 1. The molecule has 20 heavy (non-hydrogen) atoms. The third-order valence-electron chi connectivity index (χ3n) is 2.66. The topological polar surface area (TPSA) is 80.9 Å². The van der Waals surface area contributed by atoms with Crippen LogP contribution in [-0.4, -0.2) is 32.9 Å². The minimum absolute atomic E-state index is 0.0366. The Morgan fingerprint density at radius 2 is 2.35 bits per heavy atom. The lowest BCUT2D eigenvalue weighted by atomic mass is 10.3. The second-order valence-electron chi connectivity index (χ2n) is 4.28. The van der Waals surface area contributed by atoms with Gasteiger partial charge in [-0.05, 0) is 25.5 Å². The van der Waals surface area contributed by atoms with Crippen LogP contribution < -0.4 is 5.32 Å². The molecule has 0 fully saturated rings. The van der Waals surface area contributed by atoms with Gasteiger partial charge in [-0.25, -0.2) is 0 Å². The van der Waals surface area contributed by atoms with Gasteiger partial charge in [-0.2, -0.15) is 0 Å². The Hall–Kier alpha value is -1.89. The first-order valence-electron chi connectivity index (χ1n) is 6.35. The molecule has 2 aromatic rings. The molecular weight excluding hydrogens is 276 g/mol. The number of aromatic nitrogens is 3. The molecule has 1 N–H and O–H groups in total. The van der Waals surface area contributed by atoms with E-state index in [-0.39, 0.29) is 17.7 Å². The Balaban J connectivity index is 1.89. The molecule has 106 valence electrons. The standard InChI is InChI=1S/C13H16N4O2S/c1-3-9(2)15-11(18)8-20-13-17-16-12(19-13)10-5-4-6-14-7-10/h4-7,9H,3,8H2,1-2H3,(H,15,18)/t9-/m1/s1. The second-order valence-corrected chi connectivity index (χ2v) is 5.21. The van der Waals surface area contributed by atoms with E-state index in [1.807, 2.05) is 19.9 Å².